The first-order valence-electron chi connectivity index (χ1n) is 6.64. The fourth-order valence-electron chi connectivity index (χ4n) is 1.78. The van der Waals surface area contributed by atoms with Gasteiger partial charge < -0.3 is 15.2 Å². The molecule has 1 amide bonds. The number of ether oxygens (including phenoxy) is 1. The molecule has 1 atom stereocenters. The Morgan fingerprint density at radius 1 is 1.37 bits per heavy atom. The summed E-state index contributed by atoms with van der Waals surface area (Å²) in [4.78, 5) is 11.5. The topological polar surface area (TPSA) is 58.6 Å². The zero-order valence-corrected chi connectivity index (χ0v) is 11.9. The first-order valence-corrected chi connectivity index (χ1v) is 6.64. The first-order chi connectivity index (χ1) is 9.00. The van der Waals surface area contributed by atoms with E-state index >= 15 is 0 Å². The number of para-hydroxylation sites is 1. The van der Waals surface area contributed by atoms with Gasteiger partial charge in [-0.1, -0.05) is 18.2 Å². The Labute approximate surface area is 114 Å². The van der Waals surface area contributed by atoms with Crippen molar-refractivity contribution in [3.05, 3.63) is 29.3 Å². The SMILES string of the molecule is Cc1cccc(C)c1OCCC(=O)NCCC(C)O. The average Bonchev–Trinajstić information content (AvgIpc) is 2.32. The number of hydrogen-bond donors (Lipinski definition) is 2. The van der Waals surface area contributed by atoms with Crippen LogP contribution in [0.5, 0.6) is 5.75 Å². The minimum Gasteiger partial charge on any atom is -0.493 e. The van der Waals surface area contributed by atoms with E-state index in [2.05, 4.69) is 5.32 Å². The molecule has 0 fully saturated rings. The van der Waals surface area contributed by atoms with Gasteiger partial charge in [0, 0.05) is 6.54 Å². The van der Waals surface area contributed by atoms with Gasteiger partial charge in [-0.2, -0.15) is 0 Å². The number of aliphatic hydroxyl groups excluding tert-OH is 1. The normalized spacial score (nSPS) is 12.0. The van der Waals surface area contributed by atoms with Crippen LogP contribution in [0.15, 0.2) is 18.2 Å². The Kier molecular flexibility index (Phi) is 6.36. The van der Waals surface area contributed by atoms with Gasteiger partial charge in [0.2, 0.25) is 5.91 Å². The molecule has 0 spiro atoms. The Morgan fingerprint density at radius 2 is 2.00 bits per heavy atom. The van der Waals surface area contributed by atoms with Gasteiger partial charge in [-0.15, -0.1) is 0 Å². The van der Waals surface area contributed by atoms with Crippen LogP contribution in [0.3, 0.4) is 0 Å². The minimum atomic E-state index is -0.383. The largest absolute Gasteiger partial charge is 0.493 e. The van der Waals surface area contributed by atoms with Gasteiger partial charge in [-0.25, -0.2) is 0 Å². The summed E-state index contributed by atoms with van der Waals surface area (Å²) < 4.78 is 5.66. The molecule has 1 aromatic rings. The molecule has 0 aromatic heterocycles. The van der Waals surface area contributed by atoms with Crippen LogP contribution in [0.1, 0.15) is 30.9 Å². The summed E-state index contributed by atoms with van der Waals surface area (Å²) >= 11 is 0. The highest BCUT2D eigenvalue weighted by atomic mass is 16.5. The van der Waals surface area contributed by atoms with Gasteiger partial charge in [0.15, 0.2) is 0 Å². The number of hydrogen-bond acceptors (Lipinski definition) is 3. The lowest BCUT2D eigenvalue weighted by Crippen LogP contribution is -2.27. The average molecular weight is 265 g/mol. The van der Waals surface area contributed by atoms with Crippen LogP contribution < -0.4 is 10.1 Å². The van der Waals surface area contributed by atoms with E-state index in [0.29, 0.717) is 26.0 Å². The molecule has 2 N–H and O–H groups in total. The Balaban J connectivity index is 2.28. The summed E-state index contributed by atoms with van der Waals surface area (Å²) in [5.74, 6) is 0.811. The number of aliphatic hydroxyl groups is 1. The third-order valence-corrected chi connectivity index (χ3v) is 2.87. The Morgan fingerprint density at radius 3 is 2.58 bits per heavy atom. The lowest BCUT2D eigenvalue weighted by molar-refractivity contribution is -0.121. The van der Waals surface area contributed by atoms with Crippen LogP contribution >= 0.6 is 0 Å². The summed E-state index contributed by atoms with van der Waals surface area (Å²) in [6.07, 6.45) is 0.517. The van der Waals surface area contributed by atoms with Crippen molar-refractivity contribution < 1.29 is 14.6 Å². The van der Waals surface area contributed by atoms with Crippen molar-refractivity contribution in [3.8, 4) is 5.75 Å². The molecule has 0 saturated heterocycles. The van der Waals surface area contributed by atoms with Crippen molar-refractivity contribution in [2.45, 2.75) is 39.7 Å². The molecule has 1 rings (SSSR count). The molecule has 0 heterocycles. The van der Waals surface area contributed by atoms with Crippen molar-refractivity contribution in [2.24, 2.45) is 0 Å². The number of aryl methyl sites for hydroxylation is 2. The fraction of sp³-hybridized carbons (Fsp3) is 0.533. The van der Waals surface area contributed by atoms with Crippen molar-refractivity contribution in [2.75, 3.05) is 13.2 Å². The van der Waals surface area contributed by atoms with Crippen LogP contribution in [0.4, 0.5) is 0 Å². The predicted molar refractivity (Wildman–Crippen MR) is 75.3 cm³/mol. The Hall–Kier alpha value is -1.55. The van der Waals surface area contributed by atoms with Crippen LogP contribution in [0.2, 0.25) is 0 Å². The second-order valence-electron chi connectivity index (χ2n) is 4.81. The number of carbonyl (C=O) groups is 1. The second kappa shape index (κ2) is 7.79. The van der Waals surface area contributed by atoms with Gasteiger partial charge in [0.25, 0.3) is 0 Å². The zero-order chi connectivity index (χ0) is 14.3. The molecule has 106 valence electrons. The molecule has 0 radical (unpaired) electrons. The summed E-state index contributed by atoms with van der Waals surface area (Å²) in [5, 5.41) is 11.8. The molecule has 1 unspecified atom stereocenters. The third kappa shape index (κ3) is 5.75. The van der Waals surface area contributed by atoms with Gasteiger partial charge in [0.1, 0.15) is 5.75 Å². The molecule has 0 aliphatic heterocycles. The van der Waals surface area contributed by atoms with Gasteiger partial charge in [-0.3, -0.25) is 4.79 Å². The highest BCUT2D eigenvalue weighted by Gasteiger charge is 2.06. The van der Waals surface area contributed by atoms with Gasteiger partial charge in [-0.05, 0) is 38.3 Å². The van der Waals surface area contributed by atoms with Gasteiger partial charge >= 0.3 is 0 Å². The summed E-state index contributed by atoms with van der Waals surface area (Å²) in [7, 11) is 0. The van der Waals surface area contributed by atoms with Crippen LogP contribution in [0.25, 0.3) is 0 Å². The summed E-state index contributed by atoms with van der Waals surface area (Å²) in [6, 6.07) is 5.97. The zero-order valence-electron chi connectivity index (χ0n) is 11.9. The molecule has 19 heavy (non-hydrogen) atoms. The second-order valence-corrected chi connectivity index (χ2v) is 4.81. The Bertz CT molecular complexity index is 396. The van der Waals surface area contributed by atoms with E-state index in [1.54, 1.807) is 6.92 Å². The lowest BCUT2D eigenvalue weighted by atomic mass is 10.1. The number of carbonyl (C=O) groups excluding carboxylic acids is 1. The quantitative estimate of drug-likeness (QED) is 0.792. The van der Waals surface area contributed by atoms with E-state index in [1.165, 1.54) is 0 Å². The fourth-order valence-corrected chi connectivity index (χ4v) is 1.78. The van der Waals surface area contributed by atoms with E-state index in [-0.39, 0.29) is 12.0 Å². The molecular formula is C15H23NO3. The molecular weight excluding hydrogens is 242 g/mol. The summed E-state index contributed by atoms with van der Waals surface area (Å²) in [6.45, 7) is 6.55. The maximum atomic E-state index is 11.5. The number of benzene rings is 1. The standard InChI is InChI=1S/C15H23NO3/c1-11-5-4-6-12(2)15(11)19-10-8-14(18)16-9-7-13(3)17/h4-6,13,17H,7-10H2,1-3H3,(H,16,18). The monoisotopic (exact) mass is 265 g/mol. The molecule has 4 nitrogen and oxygen atoms in total. The van der Waals surface area contributed by atoms with Crippen LogP contribution in [0, 0.1) is 13.8 Å². The molecule has 0 bridgehead atoms. The number of nitrogens with one attached hydrogen (secondary N) is 1. The van der Waals surface area contributed by atoms with E-state index in [4.69, 9.17) is 9.84 Å². The van der Waals surface area contributed by atoms with E-state index in [0.717, 1.165) is 16.9 Å². The maximum Gasteiger partial charge on any atom is 0.223 e. The van der Waals surface area contributed by atoms with Crippen molar-refractivity contribution in [3.63, 3.8) is 0 Å². The van der Waals surface area contributed by atoms with E-state index in [9.17, 15) is 4.79 Å². The van der Waals surface area contributed by atoms with Crippen molar-refractivity contribution in [1.82, 2.24) is 5.32 Å². The third-order valence-electron chi connectivity index (χ3n) is 2.87. The van der Waals surface area contributed by atoms with E-state index < -0.39 is 0 Å². The minimum absolute atomic E-state index is 0.0492. The maximum absolute atomic E-state index is 11.5. The highest BCUT2D eigenvalue weighted by molar-refractivity contribution is 5.75. The molecule has 0 saturated carbocycles. The smallest absolute Gasteiger partial charge is 0.223 e. The summed E-state index contributed by atoms with van der Waals surface area (Å²) in [5.41, 5.74) is 2.16. The highest BCUT2D eigenvalue weighted by Crippen LogP contribution is 2.22. The predicted octanol–water partition coefficient (Wildman–Crippen LogP) is 1.96. The molecule has 0 aliphatic carbocycles. The number of rotatable bonds is 7. The number of amides is 1. The van der Waals surface area contributed by atoms with Crippen molar-refractivity contribution >= 4 is 5.91 Å². The van der Waals surface area contributed by atoms with Gasteiger partial charge in [0.05, 0.1) is 19.1 Å². The molecule has 1 aromatic carbocycles. The lowest BCUT2D eigenvalue weighted by Gasteiger charge is -2.12. The van der Waals surface area contributed by atoms with Crippen LogP contribution in [-0.2, 0) is 4.79 Å². The molecule has 0 aliphatic rings. The van der Waals surface area contributed by atoms with Crippen molar-refractivity contribution in [1.29, 1.82) is 0 Å². The van der Waals surface area contributed by atoms with Crippen LogP contribution in [-0.4, -0.2) is 30.3 Å². The van der Waals surface area contributed by atoms with E-state index in [1.807, 2.05) is 32.0 Å². The first kappa shape index (κ1) is 15.5. The molecule has 4 heteroatoms.